The first kappa shape index (κ1) is 16.4. The van der Waals surface area contributed by atoms with Crippen molar-refractivity contribution in [2.75, 3.05) is 18.5 Å². The van der Waals surface area contributed by atoms with Crippen LogP contribution < -0.4 is 11.1 Å². The molecule has 0 saturated carbocycles. The number of carbonyl (C=O) groups excluding carboxylic acids is 2. The summed E-state index contributed by atoms with van der Waals surface area (Å²) >= 11 is 0. The van der Waals surface area contributed by atoms with E-state index in [4.69, 9.17) is 10.5 Å². The molecule has 0 radical (unpaired) electrons. The number of carbonyl (C=O) groups is 2. The van der Waals surface area contributed by atoms with Gasteiger partial charge in [0.05, 0.1) is 12.2 Å². The maximum absolute atomic E-state index is 11.5. The summed E-state index contributed by atoms with van der Waals surface area (Å²) in [5, 5.41) is 2.65. The van der Waals surface area contributed by atoms with Gasteiger partial charge in [0.2, 0.25) is 5.91 Å². The van der Waals surface area contributed by atoms with E-state index < -0.39 is 5.97 Å². The summed E-state index contributed by atoms with van der Waals surface area (Å²) in [5.74, 6) is -0.573. The molecule has 1 aromatic rings. The number of hydrogen-bond donors (Lipinski definition) is 2. The van der Waals surface area contributed by atoms with Gasteiger partial charge in [-0.05, 0) is 25.1 Å². The number of hydrogen-bond acceptors (Lipinski definition) is 4. The second-order valence-corrected chi connectivity index (χ2v) is 3.39. The number of amides is 1. The molecule has 0 atom stereocenters. The first-order valence-electron chi connectivity index (χ1n) is 5.44. The maximum atomic E-state index is 11.5. The zero-order valence-corrected chi connectivity index (χ0v) is 11.0. The molecule has 1 amide bonds. The molecule has 0 bridgehead atoms. The molecule has 0 fully saturated rings. The summed E-state index contributed by atoms with van der Waals surface area (Å²) in [7, 11) is 0. The van der Waals surface area contributed by atoms with E-state index in [1.165, 1.54) is 0 Å². The van der Waals surface area contributed by atoms with Gasteiger partial charge in [-0.1, -0.05) is 6.07 Å². The quantitative estimate of drug-likeness (QED) is 0.797. The predicted molar refractivity (Wildman–Crippen MR) is 71.9 cm³/mol. The first-order valence-corrected chi connectivity index (χ1v) is 5.44. The molecule has 1 aromatic carbocycles. The smallest absolute Gasteiger partial charge is 0.338 e. The van der Waals surface area contributed by atoms with E-state index in [1.807, 2.05) is 0 Å². The molecule has 0 heterocycles. The van der Waals surface area contributed by atoms with Gasteiger partial charge in [0.25, 0.3) is 0 Å². The van der Waals surface area contributed by atoms with Gasteiger partial charge in [0.15, 0.2) is 0 Å². The van der Waals surface area contributed by atoms with Crippen molar-refractivity contribution in [1.82, 2.24) is 0 Å². The van der Waals surface area contributed by atoms with Crippen LogP contribution in [0.5, 0.6) is 0 Å². The number of ether oxygens (including phenoxy) is 1. The third-order valence-electron chi connectivity index (χ3n) is 2.03. The van der Waals surface area contributed by atoms with E-state index in [0.29, 0.717) is 24.4 Å². The summed E-state index contributed by atoms with van der Waals surface area (Å²) in [6, 6.07) is 6.60. The molecule has 1 rings (SSSR count). The monoisotopic (exact) mass is 272 g/mol. The van der Waals surface area contributed by atoms with Crippen LogP contribution in [0, 0.1) is 0 Å². The van der Waals surface area contributed by atoms with Crippen LogP contribution in [-0.4, -0.2) is 25.0 Å². The van der Waals surface area contributed by atoms with Gasteiger partial charge >= 0.3 is 5.97 Å². The SMILES string of the molecule is CCOC(=O)c1cccc(NC(=O)CCN)c1.Cl. The Morgan fingerprint density at radius 3 is 2.72 bits per heavy atom. The van der Waals surface area contributed by atoms with E-state index in [0.717, 1.165) is 0 Å². The Morgan fingerprint density at radius 2 is 2.11 bits per heavy atom. The normalized spacial score (nSPS) is 9.22. The Hall–Kier alpha value is -1.59. The highest BCUT2D eigenvalue weighted by atomic mass is 35.5. The molecule has 18 heavy (non-hydrogen) atoms. The number of rotatable bonds is 5. The number of nitrogens with one attached hydrogen (secondary N) is 1. The van der Waals surface area contributed by atoms with Crippen molar-refractivity contribution in [3.63, 3.8) is 0 Å². The third kappa shape index (κ3) is 5.16. The van der Waals surface area contributed by atoms with Crippen molar-refractivity contribution in [1.29, 1.82) is 0 Å². The van der Waals surface area contributed by atoms with E-state index in [9.17, 15) is 9.59 Å². The van der Waals surface area contributed by atoms with Gasteiger partial charge < -0.3 is 15.8 Å². The Bertz CT molecular complexity index is 410. The number of halogens is 1. The van der Waals surface area contributed by atoms with Crippen LogP contribution in [0.25, 0.3) is 0 Å². The number of nitrogens with two attached hydrogens (primary N) is 1. The second kappa shape index (κ2) is 8.49. The zero-order chi connectivity index (χ0) is 12.7. The highest BCUT2D eigenvalue weighted by molar-refractivity contribution is 5.94. The fraction of sp³-hybridized carbons (Fsp3) is 0.333. The van der Waals surface area contributed by atoms with Crippen LogP contribution in [0.15, 0.2) is 24.3 Å². The van der Waals surface area contributed by atoms with E-state index >= 15 is 0 Å². The van der Waals surface area contributed by atoms with Crippen LogP contribution in [0.2, 0.25) is 0 Å². The molecule has 100 valence electrons. The summed E-state index contributed by atoms with van der Waals surface area (Å²) in [6.45, 7) is 2.36. The highest BCUT2D eigenvalue weighted by Gasteiger charge is 2.07. The average molecular weight is 273 g/mol. The lowest BCUT2D eigenvalue weighted by molar-refractivity contribution is -0.116. The zero-order valence-electron chi connectivity index (χ0n) is 10.1. The van der Waals surface area contributed by atoms with Crippen LogP contribution in [-0.2, 0) is 9.53 Å². The van der Waals surface area contributed by atoms with Gasteiger partial charge in [-0.3, -0.25) is 4.79 Å². The van der Waals surface area contributed by atoms with Gasteiger partial charge in [-0.2, -0.15) is 0 Å². The summed E-state index contributed by atoms with van der Waals surface area (Å²) in [4.78, 5) is 22.8. The van der Waals surface area contributed by atoms with E-state index in [-0.39, 0.29) is 24.7 Å². The molecular weight excluding hydrogens is 256 g/mol. The van der Waals surface area contributed by atoms with Crippen LogP contribution in [0.1, 0.15) is 23.7 Å². The van der Waals surface area contributed by atoms with Crippen molar-refractivity contribution in [2.45, 2.75) is 13.3 Å². The Kier molecular flexibility index (Phi) is 7.74. The maximum Gasteiger partial charge on any atom is 0.338 e. The number of esters is 1. The van der Waals surface area contributed by atoms with Crippen LogP contribution >= 0.6 is 12.4 Å². The topological polar surface area (TPSA) is 81.4 Å². The summed E-state index contributed by atoms with van der Waals surface area (Å²) in [6.07, 6.45) is 0.254. The van der Waals surface area contributed by atoms with Crippen molar-refractivity contribution in [3.05, 3.63) is 29.8 Å². The molecule has 3 N–H and O–H groups in total. The molecule has 0 aliphatic rings. The number of anilines is 1. The lowest BCUT2D eigenvalue weighted by Gasteiger charge is -2.06. The van der Waals surface area contributed by atoms with Crippen molar-refractivity contribution < 1.29 is 14.3 Å². The Labute approximate surface area is 112 Å². The minimum Gasteiger partial charge on any atom is -0.462 e. The molecule has 6 heteroatoms. The first-order chi connectivity index (χ1) is 8.17. The van der Waals surface area contributed by atoms with Crippen molar-refractivity contribution >= 4 is 30.0 Å². The fourth-order valence-electron chi connectivity index (χ4n) is 1.29. The minimum absolute atomic E-state index is 0. The lowest BCUT2D eigenvalue weighted by Crippen LogP contribution is -2.16. The van der Waals surface area contributed by atoms with Crippen LogP contribution in [0.4, 0.5) is 5.69 Å². The molecule has 0 spiro atoms. The standard InChI is InChI=1S/C12H16N2O3.ClH/c1-2-17-12(16)9-4-3-5-10(8-9)14-11(15)6-7-13;/h3-5,8H,2,6-7,13H2,1H3,(H,14,15);1H. The van der Waals surface area contributed by atoms with Gasteiger partial charge in [0.1, 0.15) is 0 Å². The molecule has 0 aliphatic heterocycles. The molecule has 0 aromatic heterocycles. The highest BCUT2D eigenvalue weighted by Crippen LogP contribution is 2.11. The van der Waals surface area contributed by atoms with Crippen LogP contribution in [0.3, 0.4) is 0 Å². The van der Waals surface area contributed by atoms with Gasteiger partial charge in [-0.15, -0.1) is 12.4 Å². The van der Waals surface area contributed by atoms with E-state index in [1.54, 1.807) is 31.2 Å². The largest absolute Gasteiger partial charge is 0.462 e. The van der Waals surface area contributed by atoms with Gasteiger partial charge in [-0.25, -0.2) is 4.79 Å². The summed E-state index contributed by atoms with van der Waals surface area (Å²) in [5.41, 5.74) is 6.24. The van der Waals surface area contributed by atoms with Crippen molar-refractivity contribution in [2.24, 2.45) is 5.73 Å². The fourth-order valence-corrected chi connectivity index (χ4v) is 1.29. The Morgan fingerprint density at radius 1 is 1.39 bits per heavy atom. The predicted octanol–water partition coefficient (Wildman–Crippen LogP) is 1.57. The third-order valence-corrected chi connectivity index (χ3v) is 2.03. The van der Waals surface area contributed by atoms with Gasteiger partial charge in [0, 0.05) is 18.7 Å². The minimum atomic E-state index is -0.401. The summed E-state index contributed by atoms with van der Waals surface area (Å²) < 4.78 is 4.86. The molecule has 0 aliphatic carbocycles. The Balaban J connectivity index is 0.00000289. The molecular formula is C12H17ClN2O3. The average Bonchev–Trinajstić information content (AvgIpc) is 2.30. The number of benzene rings is 1. The van der Waals surface area contributed by atoms with Crippen molar-refractivity contribution in [3.8, 4) is 0 Å². The second-order valence-electron chi connectivity index (χ2n) is 3.39. The lowest BCUT2D eigenvalue weighted by atomic mass is 10.2. The molecule has 0 saturated heterocycles. The van der Waals surface area contributed by atoms with E-state index in [2.05, 4.69) is 5.32 Å². The molecule has 5 nitrogen and oxygen atoms in total. The molecule has 0 unspecified atom stereocenters.